The van der Waals surface area contributed by atoms with Crippen molar-refractivity contribution in [3.05, 3.63) is 85.6 Å². The average Bonchev–Trinajstić information content (AvgIpc) is 3.50. The van der Waals surface area contributed by atoms with Gasteiger partial charge in [-0.25, -0.2) is 0 Å². The van der Waals surface area contributed by atoms with E-state index in [0.717, 1.165) is 128 Å². The van der Waals surface area contributed by atoms with E-state index in [9.17, 15) is 23.7 Å². The first kappa shape index (κ1) is 82.1. The quantitative estimate of drug-likeness (QED) is 0.0204. The normalized spacial score (nSPS) is 12.7. The summed E-state index contributed by atoms with van der Waals surface area (Å²) >= 11 is 0. The second-order valence-electron chi connectivity index (χ2n) is 22.6. The minimum atomic E-state index is -2.83. The zero-order chi connectivity index (χ0) is 61.7. The maximum absolute atomic E-state index is 12.2. The minimum absolute atomic E-state index is 0.153. The molecule has 0 aromatic carbocycles. The van der Waals surface area contributed by atoms with Crippen molar-refractivity contribution in [1.82, 2.24) is 0 Å². The van der Waals surface area contributed by atoms with E-state index in [1.165, 1.54) is 128 Å². The molecule has 1 N–H and O–H groups in total. The summed E-state index contributed by atoms with van der Waals surface area (Å²) in [6.07, 6.45) is 75.7. The molecule has 11 nitrogen and oxygen atoms in total. The van der Waals surface area contributed by atoms with E-state index in [1.54, 1.807) is 6.92 Å². The lowest BCUT2D eigenvalue weighted by molar-refractivity contribution is -0.161. The van der Waals surface area contributed by atoms with Crippen LogP contribution in [0, 0.1) is 0 Å². The lowest BCUT2D eigenvalue weighted by Crippen LogP contribution is -2.29. The molecule has 0 amide bonds. The Morgan fingerprint density at radius 1 is 0.369 bits per heavy atom. The van der Waals surface area contributed by atoms with E-state index in [2.05, 4.69) is 100 Å². The van der Waals surface area contributed by atoms with Crippen LogP contribution >= 0.6 is 8.25 Å². The highest BCUT2D eigenvalue weighted by Gasteiger charge is 2.23. The molecule has 484 valence electrons. The van der Waals surface area contributed by atoms with Crippen LogP contribution in [-0.4, -0.2) is 60.8 Å². The summed E-state index contributed by atoms with van der Waals surface area (Å²) in [7, 11) is -2.83. The molecular formula is C72H126O11P+. The van der Waals surface area contributed by atoms with Crippen LogP contribution in [0.4, 0.5) is 0 Å². The topological polar surface area (TPSA) is 152 Å². The number of esters is 4. The molecule has 84 heavy (non-hydrogen) atoms. The molecule has 0 aliphatic rings. The maximum atomic E-state index is 12.2. The summed E-state index contributed by atoms with van der Waals surface area (Å²) in [6.45, 7) is 11.8. The SMILES string of the molecule is C=CC/C=C/CCCCCCCC(=O)O[C@H](COC(=O)CCCCCCC/C=C/C/C=C\CCCCC)CO[P+](=O)O.CCCC/C=C\C/C=C\CCCCCCCC(=O)O[C@@H](C)COC(=O)CCCCCCCCCC/C=C/CCCCC. The number of hydrogen-bond acceptors (Lipinski definition) is 10. The van der Waals surface area contributed by atoms with Crippen molar-refractivity contribution in [2.45, 2.75) is 329 Å². The highest BCUT2D eigenvalue weighted by atomic mass is 31.1. The summed E-state index contributed by atoms with van der Waals surface area (Å²) < 4.78 is 37.0. The van der Waals surface area contributed by atoms with Gasteiger partial charge in [-0.05, 0) is 135 Å². The Morgan fingerprint density at radius 2 is 0.667 bits per heavy atom. The van der Waals surface area contributed by atoms with Gasteiger partial charge in [0.25, 0.3) is 0 Å². The fourth-order valence-electron chi connectivity index (χ4n) is 9.05. The third-order valence-electron chi connectivity index (χ3n) is 14.2. The standard InChI is InChI=1S/C38H68O4.C34H57O7P/c1-4-6-8-10-12-14-16-18-20-22-23-25-27-29-31-33-37(39)41-35-36(3)42-38(40)34-32-30-28-26-24-21-19-17-15-13-11-9-7-5-2;1-3-5-7-9-11-13-15-16-17-18-19-21-22-24-26-28-33(35)39-30-32(31-40-42(37)38)41-34(36)29-27-25-23-20-14-12-10-8-6-4-2/h11-14,17,19,36H,4-10,15-16,18,20-35H2,1-3H3;4,8,10-11,13,16-17,32H,2-3,5-7,9,12,14-15,18-31H2,1H3/p+1/b13-11-,14-12+,19-17-;10-8+,13-11-,17-16+/t36-;32-/m01/s1. The first-order chi connectivity index (χ1) is 41.1. The molecule has 0 aromatic rings. The highest BCUT2D eigenvalue weighted by molar-refractivity contribution is 7.32. The van der Waals surface area contributed by atoms with Gasteiger partial charge in [0.1, 0.15) is 25.9 Å². The van der Waals surface area contributed by atoms with Gasteiger partial charge < -0.3 is 18.9 Å². The molecule has 0 aliphatic carbocycles. The van der Waals surface area contributed by atoms with Crippen molar-refractivity contribution in [3.63, 3.8) is 0 Å². The first-order valence-electron chi connectivity index (χ1n) is 34.1. The van der Waals surface area contributed by atoms with Crippen molar-refractivity contribution in [2.24, 2.45) is 0 Å². The Labute approximate surface area is 516 Å². The van der Waals surface area contributed by atoms with E-state index >= 15 is 0 Å². The Hall–Kier alpha value is -3.92. The average molecular weight is 1200 g/mol. The van der Waals surface area contributed by atoms with Crippen molar-refractivity contribution in [3.8, 4) is 0 Å². The predicted octanol–water partition coefficient (Wildman–Crippen LogP) is 21.7. The van der Waals surface area contributed by atoms with Crippen LogP contribution in [0.15, 0.2) is 85.6 Å². The van der Waals surface area contributed by atoms with Gasteiger partial charge in [-0.1, -0.05) is 235 Å². The van der Waals surface area contributed by atoms with Crippen LogP contribution in [0.25, 0.3) is 0 Å². The molecule has 1 unspecified atom stereocenters. The van der Waals surface area contributed by atoms with Crippen molar-refractivity contribution in [2.75, 3.05) is 19.8 Å². The number of hydrogen-bond donors (Lipinski definition) is 1. The van der Waals surface area contributed by atoms with Crippen molar-refractivity contribution >= 4 is 32.1 Å². The van der Waals surface area contributed by atoms with E-state index in [4.69, 9.17) is 28.4 Å². The van der Waals surface area contributed by atoms with Crippen LogP contribution in [0.1, 0.15) is 317 Å². The summed E-state index contributed by atoms with van der Waals surface area (Å²) in [5, 5.41) is 0. The Kier molecular flexibility index (Phi) is 68.3. The number of rotatable bonds is 61. The summed E-state index contributed by atoms with van der Waals surface area (Å²) in [6, 6.07) is 0. The molecule has 0 saturated heterocycles. The third-order valence-corrected chi connectivity index (χ3v) is 14.6. The van der Waals surface area contributed by atoms with Crippen molar-refractivity contribution in [1.29, 1.82) is 0 Å². The van der Waals surface area contributed by atoms with E-state index in [0.29, 0.717) is 25.7 Å². The lowest BCUT2D eigenvalue weighted by atomic mass is 10.1. The van der Waals surface area contributed by atoms with Gasteiger partial charge in [0.05, 0.1) is 0 Å². The van der Waals surface area contributed by atoms with Crippen molar-refractivity contribution < 1.29 is 52.1 Å². The Bertz CT molecular complexity index is 1700. The monoisotopic (exact) mass is 1200 g/mol. The Morgan fingerprint density at radius 3 is 1.04 bits per heavy atom. The van der Waals surface area contributed by atoms with Gasteiger partial charge in [-0.2, -0.15) is 0 Å². The van der Waals surface area contributed by atoms with E-state index in [-0.39, 0.29) is 50.3 Å². The molecule has 0 rings (SSSR count). The zero-order valence-electron chi connectivity index (χ0n) is 54.3. The summed E-state index contributed by atoms with van der Waals surface area (Å²) in [5.74, 6) is -1.16. The number of ether oxygens (including phenoxy) is 4. The third kappa shape index (κ3) is 70.6. The molecule has 0 spiro atoms. The highest BCUT2D eigenvalue weighted by Crippen LogP contribution is 2.18. The number of unbranched alkanes of at least 4 members (excludes halogenated alkanes) is 31. The molecular weight excluding hydrogens is 1070 g/mol. The van der Waals surface area contributed by atoms with Gasteiger partial charge in [-0.15, -0.1) is 16.0 Å². The fourth-order valence-corrected chi connectivity index (χ4v) is 9.34. The van der Waals surface area contributed by atoms with Gasteiger partial charge in [0, 0.05) is 30.2 Å². The molecule has 12 heteroatoms. The predicted molar refractivity (Wildman–Crippen MR) is 353 cm³/mol. The zero-order valence-corrected chi connectivity index (χ0v) is 55.2. The number of carbonyl (C=O) groups is 4. The van der Waals surface area contributed by atoms with Gasteiger partial charge in [0.15, 0.2) is 6.10 Å². The van der Waals surface area contributed by atoms with Gasteiger partial charge >= 0.3 is 32.1 Å². The van der Waals surface area contributed by atoms with E-state index in [1.807, 2.05) is 6.08 Å². The smallest absolute Gasteiger partial charge is 0.462 e. The second kappa shape index (κ2) is 69.8. The summed E-state index contributed by atoms with van der Waals surface area (Å²) in [4.78, 5) is 57.4. The van der Waals surface area contributed by atoms with Crippen LogP contribution in [0.2, 0.25) is 0 Å². The lowest BCUT2D eigenvalue weighted by Gasteiger charge is -2.15. The van der Waals surface area contributed by atoms with Gasteiger partial charge in [-0.3, -0.25) is 19.2 Å². The minimum Gasteiger partial charge on any atom is -0.462 e. The first-order valence-corrected chi connectivity index (χ1v) is 35.2. The number of carbonyl (C=O) groups excluding carboxylic acids is 4. The molecule has 0 saturated carbocycles. The molecule has 3 atom stereocenters. The number of allylic oxidation sites excluding steroid dienone is 13. The van der Waals surface area contributed by atoms with Crippen LogP contribution in [0.3, 0.4) is 0 Å². The molecule has 0 aromatic heterocycles. The Balaban J connectivity index is 0. The van der Waals surface area contributed by atoms with Gasteiger partial charge in [0.2, 0.25) is 0 Å². The molecule has 0 aliphatic heterocycles. The largest absolute Gasteiger partial charge is 0.694 e. The molecule has 0 bridgehead atoms. The second-order valence-corrected chi connectivity index (χ2v) is 23.3. The van der Waals surface area contributed by atoms with Crippen LogP contribution in [-0.2, 0) is 47.2 Å². The maximum Gasteiger partial charge on any atom is 0.694 e. The summed E-state index contributed by atoms with van der Waals surface area (Å²) in [5.41, 5.74) is 0. The van der Waals surface area contributed by atoms with Crippen LogP contribution < -0.4 is 0 Å². The fraction of sp³-hybridized carbons (Fsp3) is 0.750. The molecule has 0 radical (unpaired) electrons. The van der Waals surface area contributed by atoms with Crippen LogP contribution in [0.5, 0.6) is 0 Å². The molecule has 0 fully saturated rings. The van der Waals surface area contributed by atoms with E-state index < -0.39 is 20.3 Å². The molecule has 0 heterocycles.